The van der Waals surface area contributed by atoms with E-state index < -0.39 is 17.7 Å². The smallest absolute Gasteiger partial charge is 0.417 e. The molecule has 0 amide bonds. The maximum atomic E-state index is 12.8. The molecule has 3 nitrogen and oxygen atoms in total. The Balaban J connectivity index is 3.36. The zero-order chi connectivity index (χ0) is 13.9. The molecule has 0 unspecified atom stereocenters. The van der Waals surface area contributed by atoms with Gasteiger partial charge in [-0.15, -0.1) is 0 Å². The van der Waals surface area contributed by atoms with Crippen LogP contribution in [0.25, 0.3) is 6.08 Å². The van der Waals surface area contributed by atoms with Crippen LogP contribution in [-0.2, 0) is 11.0 Å². The van der Waals surface area contributed by atoms with E-state index in [9.17, 15) is 18.0 Å². The Labute approximate surface area is 101 Å². The van der Waals surface area contributed by atoms with Gasteiger partial charge in [0, 0.05) is 5.57 Å². The van der Waals surface area contributed by atoms with Crippen LogP contribution in [0.4, 0.5) is 13.2 Å². The van der Waals surface area contributed by atoms with Crippen molar-refractivity contribution in [2.75, 3.05) is 7.11 Å². The lowest BCUT2D eigenvalue weighted by molar-refractivity contribution is -0.138. The molecular weight excluding hydrogens is 249 g/mol. The standard InChI is InChI=1S/C12H11F3O3/c1-7(11(16)17)5-8-3-4-9(18-2)6-10(8)12(13,14)15/h3-6H,1-2H3,(H,16,17)/b7-5+. The van der Waals surface area contributed by atoms with Crippen molar-refractivity contribution in [1.82, 2.24) is 0 Å². The number of methoxy groups -OCH3 is 1. The summed E-state index contributed by atoms with van der Waals surface area (Å²) in [5.74, 6) is -1.20. The maximum Gasteiger partial charge on any atom is 0.417 e. The van der Waals surface area contributed by atoms with E-state index in [4.69, 9.17) is 9.84 Å². The predicted molar refractivity (Wildman–Crippen MR) is 59.3 cm³/mol. The van der Waals surface area contributed by atoms with Gasteiger partial charge in [0.1, 0.15) is 5.75 Å². The van der Waals surface area contributed by atoms with Crippen LogP contribution in [0.3, 0.4) is 0 Å². The third-order valence-corrected chi connectivity index (χ3v) is 2.28. The quantitative estimate of drug-likeness (QED) is 0.849. The summed E-state index contributed by atoms with van der Waals surface area (Å²) in [5.41, 5.74) is -1.31. The number of carboxylic acid groups (broad SMARTS) is 1. The molecule has 0 aliphatic heterocycles. The molecule has 18 heavy (non-hydrogen) atoms. The highest BCUT2D eigenvalue weighted by Crippen LogP contribution is 2.35. The van der Waals surface area contributed by atoms with Gasteiger partial charge in [0.2, 0.25) is 0 Å². The fraction of sp³-hybridized carbons (Fsp3) is 0.250. The molecule has 1 N–H and O–H groups in total. The third kappa shape index (κ3) is 3.26. The van der Waals surface area contributed by atoms with E-state index in [0.29, 0.717) is 0 Å². The topological polar surface area (TPSA) is 46.5 Å². The minimum atomic E-state index is -4.57. The van der Waals surface area contributed by atoms with Crippen LogP contribution < -0.4 is 4.74 Å². The molecule has 0 saturated heterocycles. The monoisotopic (exact) mass is 260 g/mol. The Morgan fingerprint density at radius 2 is 2.00 bits per heavy atom. The number of ether oxygens (including phenoxy) is 1. The second-order valence-corrected chi connectivity index (χ2v) is 3.58. The second-order valence-electron chi connectivity index (χ2n) is 3.58. The third-order valence-electron chi connectivity index (χ3n) is 2.28. The van der Waals surface area contributed by atoms with E-state index >= 15 is 0 Å². The zero-order valence-electron chi connectivity index (χ0n) is 9.71. The van der Waals surface area contributed by atoms with Gasteiger partial charge in [-0.2, -0.15) is 13.2 Å². The Kier molecular flexibility index (Phi) is 4.00. The van der Waals surface area contributed by atoms with Gasteiger partial charge in [0.05, 0.1) is 12.7 Å². The number of hydrogen-bond donors (Lipinski definition) is 1. The van der Waals surface area contributed by atoms with Crippen LogP contribution in [0.15, 0.2) is 23.8 Å². The van der Waals surface area contributed by atoms with Crippen LogP contribution in [0.5, 0.6) is 5.75 Å². The van der Waals surface area contributed by atoms with Crippen molar-refractivity contribution in [3.05, 3.63) is 34.9 Å². The minimum Gasteiger partial charge on any atom is -0.497 e. The SMILES string of the molecule is COc1ccc(/C=C(\C)C(=O)O)c(C(F)(F)F)c1. The summed E-state index contributed by atoms with van der Waals surface area (Å²) in [6.07, 6.45) is -3.59. The Hall–Kier alpha value is -1.98. The van der Waals surface area contributed by atoms with Gasteiger partial charge >= 0.3 is 12.1 Å². The maximum absolute atomic E-state index is 12.8. The van der Waals surface area contributed by atoms with Gasteiger partial charge in [-0.25, -0.2) is 4.79 Å². The summed E-state index contributed by atoms with van der Waals surface area (Å²) >= 11 is 0. The Morgan fingerprint density at radius 3 is 2.44 bits per heavy atom. The molecule has 0 fully saturated rings. The first-order chi connectivity index (χ1) is 8.25. The Bertz CT molecular complexity index is 490. The lowest BCUT2D eigenvalue weighted by Gasteiger charge is -2.12. The molecule has 1 aromatic carbocycles. The van der Waals surface area contributed by atoms with Crippen molar-refractivity contribution in [3.63, 3.8) is 0 Å². The molecule has 0 saturated carbocycles. The molecule has 6 heteroatoms. The van der Waals surface area contributed by atoms with E-state index in [1.54, 1.807) is 0 Å². The number of carboxylic acids is 1. The average Bonchev–Trinajstić information content (AvgIpc) is 2.27. The second kappa shape index (κ2) is 5.12. The summed E-state index contributed by atoms with van der Waals surface area (Å²) in [5, 5.41) is 8.66. The van der Waals surface area contributed by atoms with Crippen LogP contribution >= 0.6 is 0 Å². The van der Waals surface area contributed by atoms with Crippen molar-refractivity contribution < 1.29 is 27.8 Å². The van der Waals surface area contributed by atoms with E-state index in [0.717, 1.165) is 12.1 Å². The molecule has 98 valence electrons. The fourth-order valence-corrected chi connectivity index (χ4v) is 1.33. The van der Waals surface area contributed by atoms with E-state index in [1.807, 2.05) is 0 Å². The van der Waals surface area contributed by atoms with Crippen LogP contribution in [0, 0.1) is 0 Å². The number of hydrogen-bond acceptors (Lipinski definition) is 2. The first kappa shape index (κ1) is 14.1. The molecule has 0 heterocycles. The lowest BCUT2D eigenvalue weighted by Crippen LogP contribution is -2.08. The van der Waals surface area contributed by atoms with Gasteiger partial charge in [-0.3, -0.25) is 0 Å². The zero-order valence-corrected chi connectivity index (χ0v) is 9.71. The van der Waals surface area contributed by atoms with Crippen LogP contribution in [0.1, 0.15) is 18.1 Å². The van der Waals surface area contributed by atoms with Crippen LogP contribution in [-0.4, -0.2) is 18.2 Å². The number of halogens is 3. The number of aliphatic carboxylic acids is 1. The summed E-state index contributed by atoms with van der Waals surface area (Å²) in [7, 11) is 1.26. The fourth-order valence-electron chi connectivity index (χ4n) is 1.33. The number of alkyl halides is 3. The first-order valence-corrected chi connectivity index (χ1v) is 4.92. The highest BCUT2D eigenvalue weighted by Gasteiger charge is 2.33. The molecule has 0 aliphatic rings. The van der Waals surface area contributed by atoms with Crippen molar-refractivity contribution >= 4 is 12.0 Å². The van der Waals surface area contributed by atoms with Gasteiger partial charge in [-0.05, 0) is 30.7 Å². The van der Waals surface area contributed by atoms with Gasteiger partial charge in [-0.1, -0.05) is 6.07 Å². The predicted octanol–water partition coefficient (Wildman–Crippen LogP) is 3.20. The van der Waals surface area contributed by atoms with Gasteiger partial charge < -0.3 is 9.84 Å². The first-order valence-electron chi connectivity index (χ1n) is 4.92. The van der Waals surface area contributed by atoms with Gasteiger partial charge in [0.25, 0.3) is 0 Å². The molecule has 0 radical (unpaired) electrons. The summed E-state index contributed by atoms with van der Waals surface area (Å²) < 4.78 is 43.1. The molecule has 0 bridgehead atoms. The molecule has 0 spiro atoms. The molecule has 1 aromatic rings. The van der Waals surface area contributed by atoms with E-state index in [-0.39, 0.29) is 16.9 Å². The number of benzene rings is 1. The van der Waals surface area contributed by atoms with Crippen molar-refractivity contribution in [3.8, 4) is 5.75 Å². The normalized spacial score (nSPS) is 12.4. The van der Waals surface area contributed by atoms with E-state index in [1.165, 1.54) is 26.2 Å². The van der Waals surface area contributed by atoms with Crippen molar-refractivity contribution in [2.24, 2.45) is 0 Å². The van der Waals surface area contributed by atoms with Crippen LogP contribution in [0.2, 0.25) is 0 Å². The number of carbonyl (C=O) groups is 1. The summed E-state index contributed by atoms with van der Waals surface area (Å²) in [4.78, 5) is 10.6. The molecular formula is C12H11F3O3. The van der Waals surface area contributed by atoms with Crippen molar-refractivity contribution in [2.45, 2.75) is 13.1 Å². The molecule has 1 rings (SSSR count). The average molecular weight is 260 g/mol. The van der Waals surface area contributed by atoms with Crippen molar-refractivity contribution in [1.29, 1.82) is 0 Å². The minimum absolute atomic E-state index is 0.0625. The summed E-state index contributed by atoms with van der Waals surface area (Å²) in [6, 6.07) is 3.35. The lowest BCUT2D eigenvalue weighted by atomic mass is 10.0. The highest BCUT2D eigenvalue weighted by atomic mass is 19.4. The largest absolute Gasteiger partial charge is 0.497 e. The van der Waals surface area contributed by atoms with Gasteiger partial charge in [0.15, 0.2) is 0 Å². The summed E-state index contributed by atoms with van der Waals surface area (Å²) in [6.45, 7) is 1.23. The Morgan fingerprint density at radius 1 is 1.39 bits per heavy atom. The highest BCUT2D eigenvalue weighted by molar-refractivity contribution is 5.91. The van der Waals surface area contributed by atoms with E-state index in [2.05, 4.69) is 0 Å². The molecule has 0 atom stereocenters. The number of rotatable bonds is 3. The molecule has 0 aliphatic carbocycles. The molecule has 0 aromatic heterocycles.